The van der Waals surface area contributed by atoms with E-state index < -0.39 is 0 Å². The van der Waals surface area contributed by atoms with Crippen molar-refractivity contribution in [3.63, 3.8) is 0 Å². The summed E-state index contributed by atoms with van der Waals surface area (Å²) in [6.45, 7) is 0.555. The number of isocyanates is 1. The first kappa shape index (κ1) is 12.7. The molecule has 0 atom stereocenters. The van der Waals surface area contributed by atoms with Crippen molar-refractivity contribution in [2.45, 2.75) is 13.2 Å². The van der Waals surface area contributed by atoms with Gasteiger partial charge in [-0.05, 0) is 16.0 Å². The minimum absolute atomic E-state index is 0.245. The Morgan fingerprint density at radius 2 is 2.31 bits per heavy atom. The Balaban J connectivity index is 0.000000770. The molecule has 0 radical (unpaired) electrons. The third-order valence-corrected chi connectivity index (χ3v) is 1.62. The fraction of sp³-hybridized carbons (Fsp3) is 0.273. The van der Waals surface area contributed by atoms with Crippen LogP contribution in [0.5, 0.6) is 0 Å². The molecule has 1 rings (SSSR count). The lowest BCUT2D eigenvalue weighted by Crippen LogP contribution is -1.89. The van der Waals surface area contributed by atoms with Gasteiger partial charge in [0.25, 0.3) is 6.26 Å². The summed E-state index contributed by atoms with van der Waals surface area (Å²) in [5, 5.41) is 8.20. The van der Waals surface area contributed by atoms with Crippen molar-refractivity contribution < 1.29 is 10.9 Å². The second-order valence-corrected chi connectivity index (χ2v) is 2.61. The standard InChI is InChI=1S/C10H8N2O2.CH3I/c11-7-14-6-10-3-1-2-9(4-10)5-12-8-13;1-2/h1-4H,5-6H2;1H3/i;1D. The summed E-state index contributed by atoms with van der Waals surface area (Å²) in [4.78, 5) is 13.8. The molecule has 0 aliphatic rings. The highest BCUT2D eigenvalue weighted by molar-refractivity contribution is 14.1. The zero-order valence-electron chi connectivity index (χ0n) is 9.52. The summed E-state index contributed by atoms with van der Waals surface area (Å²) in [5.74, 6) is 0. The van der Waals surface area contributed by atoms with Crippen LogP contribution in [-0.2, 0) is 22.7 Å². The number of hydrogen-bond acceptors (Lipinski definition) is 4. The lowest BCUT2D eigenvalue weighted by atomic mass is 10.1. The van der Waals surface area contributed by atoms with E-state index in [1.165, 1.54) is 6.08 Å². The Bertz CT molecular complexity index is 414. The smallest absolute Gasteiger partial charge is 0.286 e. The third-order valence-electron chi connectivity index (χ3n) is 1.62. The highest BCUT2D eigenvalue weighted by Crippen LogP contribution is 2.07. The number of ether oxygens (including phenoxy) is 1. The summed E-state index contributed by atoms with van der Waals surface area (Å²) in [6, 6.07) is 7.34. The van der Waals surface area contributed by atoms with Crippen LogP contribution in [0.2, 0.25) is 0 Å². The van der Waals surface area contributed by atoms with Gasteiger partial charge in [-0.2, -0.15) is 5.26 Å². The number of nitriles is 1. The molecule has 0 amide bonds. The molecule has 1 aromatic rings. The predicted molar refractivity (Wildman–Crippen MR) is 68.6 cm³/mol. The number of halogens is 1. The molecule has 0 saturated carbocycles. The zero-order chi connectivity index (χ0) is 12.9. The molecule has 0 unspecified atom stereocenters. The van der Waals surface area contributed by atoms with E-state index in [0.29, 0.717) is 11.5 Å². The van der Waals surface area contributed by atoms with Crippen LogP contribution in [-0.4, -0.2) is 11.0 Å². The highest BCUT2D eigenvalue weighted by Gasteiger charge is 1.95. The van der Waals surface area contributed by atoms with Gasteiger partial charge in [0, 0.05) is 1.37 Å². The summed E-state index contributed by atoms with van der Waals surface area (Å²) >= 11 is 1.96. The van der Waals surface area contributed by atoms with Crippen molar-refractivity contribution in [2.75, 3.05) is 4.91 Å². The van der Waals surface area contributed by atoms with Gasteiger partial charge in [0.05, 0.1) is 6.54 Å². The van der Waals surface area contributed by atoms with E-state index in [2.05, 4.69) is 9.73 Å². The number of carbonyl (C=O) groups excluding carboxylic acids is 1. The van der Waals surface area contributed by atoms with Gasteiger partial charge < -0.3 is 4.74 Å². The van der Waals surface area contributed by atoms with Crippen LogP contribution in [0, 0.1) is 11.5 Å². The lowest BCUT2D eigenvalue weighted by molar-refractivity contribution is 0.257. The first-order valence-corrected chi connectivity index (χ1v) is 5.78. The first-order valence-electron chi connectivity index (χ1n) is 4.96. The van der Waals surface area contributed by atoms with Gasteiger partial charge in [0.1, 0.15) is 6.61 Å². The lowest BCUT2D eigenvalue weighted by Gasteiger charge is -2.00. The maximum absolute atomic E-state index is 9.88. The molecule has 16 heavy (non-hydrogen) atoms. The van der Waals surface area contributed by atoms with Crippen LogP contribution < -0.4 is 0 Å². The summed E-state index contributed by atoms with van der Waals surface area (Å²) in [6.07, 6.45) is 3.06. The number of rotatable bonds is 4. The van der Waals surface area contributed by atoms with Gasteiger partial charge in [-0.1, -0.05) is 46.9 Å². The van der Waals surface area contributed by atoms with Crippen molar-refractivity contribution >= 4 is 28.7 Å². The number of aliphatic imine (C=N–C) groups is 1. The predicted octanol–water partition coefficient (Wildman–Crippen LogP) is 2.57. The number of benzene rings is 1. The Morgan fingerprint density at radius 1 is 1.62 bits per heavy atom. The Labute approximate surface area is 109 Å². The molecule has 1 aromatic carbocycles. The molecule has 84 valence electrons. The fourth-order valence-corrected chi connectivity index (χ4v) is 1.06. The van der Waals surface area contributed by atoms with Crippen molar-refractivity contribution in [1.82, 2.24) is 0 Å². The molecule has 0 fully saturated rings. The molecule has 0 aromatic heterocycles. The normalized spacial score (nSPS) is 8.62. The SMILES string of the molecule is N#COCc1cccc(CN=C=O)c1.[2H]CI. The first-order chi connectivity index (χ1) is 8.28. The van der Waals surface area contributed by atoms with Crippen LogP contribution >= 0.6 is 22.6 Å². The second kappa shape index (κ2) is 10.1. The number of nitrogens with zero attached hydrogens (tertiary/aromatic N) is 2. The second-order valence-electron chi connectivity index (χ2n) is 2.61. The molecule has 4 nitrogen and oxygen atoms in total. The molecular weight excluding hydrogens is 319 g/mol. The third kappa shape index (κ3) is 6.17. The average molecular weight is 331 g/mol. The zero-order valence-corrected chi connectivity index (χ0v) is 10.7. The van der Waals surface area contributed by atoms with E-state index in [1.54, 1.807) is 6.26 Å². The van der Waals surface area contributed by atoms with Crippen molar-refractivity contribution in [3.8, 4) is 6.26 Å². The van der Waals surface area contributed by atoms with Crippen molar-refractivity contribution in [3.05, 3.63) is 35.4 Å². The molecule has 0 aliphatic carbocycles. The van der Waals surface area contributed by atoms with Gasteiger partial charge in [0.15, 0.2) is 0 Å². The highest BCUT2D eigenvalue weighted by atomic mass is 127. The summed E-state index contributed by atoms with van der Waals surface area (Å²) in [5.41, 5.74) is 1.78. The van der Waals surface area contributed by atoms with Crippen molar-refractivity contribution in [1.29, 1.82) is 5.26 Å². The van der Waals surface area contributed by atoms with Crippen LogP contribution in [0.4, 0.5) is 0 Å². The Hall–Kier alpha value is -1.38. The van der Waals surface area contributed by atoms with Gasteiger partial charge in [-0.15, -0.1) is 0 Å². The van der Waals surface area contributed by atoms with Gasteiger partial charge in [-0.3, -0.25) is 0 Å². The molecule has 0 N–H and O–H groups in total. The fourth-order valence-electron chi connectivity index (χ4n) is 1.06. The molecule has 0 aliphatic heterocycles. The van der Waals surface area contributed by atoms with E-state index in [0.717, 1.165) is 11.1 Å². The van der Waals surface area contributed by atoms with Gasteiger partial charge >= 0.3 is 0 Å². The van der Waals surface area contributed by atoms with Crippen LogP contribution in [0.1, 0.15) is 12.5 Å². The largest absolute Gasteiger partial charge is 0.423 e. The minimum Gasteiger partial charge on any atom is -0.423 e. The van der Waals surface area contributed by atoms with Crippen molar-refractivity contribution in [2.24, 2.45) is 4.99 Å². The average Bonchev–Trinajstić information content (AvgIpc) is 2.35. The summed E-state index contributed by atoms with van der Waals surface area (Å²) in [7, 11) is 0. The van der Waals surface area contributed by atoms with Gasteiger partial charge in [0.2, 0.25) is 6.08 Å². The molecule has 0 saturated heterocycles. The van der Waals surface area contributed by atoms with E-state index in [9.17, 15) is 4.79 Å². The minimum atomic E-state index is 0.245. The van der Waals surface area contributed by atoms with E-state index in [1.807, 2.05) is 46.9 Å². The maximum atomic E-state index is 9.88. The maximum Gasteiger partial charge on any atom is 0.286 e. The Kier molecular flexibility index (Phi) is 8.05. The molecule has 5 heteroatoms. The number of alkyl halides is 1. The quantitative estimate of drug-likeness (QED) is 0.280. The van der Waals surface area contributed by atoms with Gasteiger partial charge in [-0.25, -0.2) is 9.79 Å². The summed E-state index contributed by atoms with van der Waals surface area (Å²) < 4.78 is 10.8. The van der Waals surface area contributed by atoms with E-state index >= 15 is 0 Å². The van der Waals surface area contributed by atoms with Crippen LogP contribution in [0.3, 0.4) is 0 Å². The molecule has 0 spiro atoms. The van der Waals surface area contributed by atoms with E-state index in [-0.39, 0.29) is 6.61 Å². The topological polar surface area (TPSA) is 62.4 Å². The van der Waals surface area contributed by atoms with Crippen LogP contribution in [0.25, 0.3) is 0 Å². The molecular formula is C11H11IN2O2. The van der Waals surface area contributed by atoms with E-state index in [4.69, 9.17) is 6.63 Å². The number of hydrogen-bond donors (Lipinski definition) is 0. The van der Waals surface area contributed by atoms with Crippen LogP contribution in [0.15, 0.2) is 29.3 Å². The monoisotopic (exact) mass is 331 g/mol. The molecule has 0 heterocycles. The Morgan fingerprint density at radius 3 is 2.94 bits per heavy atom. The molecule has 0 bridgehead atoms.